The van der Waals surface area contributed by atoms with Crippen LogP contribution in [0.2, 0.25) is 0 Å². The van der Waals surface area contributed by atoms with Gasteiger partial charge in [0.05, 0.1) is 7.11 Å². The lowest BCUT2D eigenvalue weighted by atomic mass is 10.0. The summed E-state index contributed by atoms with van der Waals surface area (Å²) in [6, 6.07) is 8.15. The third-order valence-corrected chi connectivity index (χ3v) is 4.75. The predicted molar refractivity (Wildman–Crippen MR) is 83.7 cm³/mol. The van der Waals surface area contributed by atoms with E-state index in [1.807, 2.05) is 17.0 Å². The van der Waals surface area contributed by atoms with Crippen LogP contribution in [-0.4, -0.2) is 44.1 Å². The van der Waals surface area contributed by atoms with E-state index < -0.39 is 0 Å². The Balaban J connectivity index is 1.55. The first-order valence-corrected chi connectivity index (χ1v) is 7.87. The number of amides is 1. The molecular formula is C17H24N2O2. The molecule has 0 bridgehead atoms. The number of carbonyl (C=O) groups excluding carboxylic acids is 1. The summed E-state index contributed by atoms with van der Waals surface area (Å²) in [6.45, 7) is 5.59. The number of rotatable bonds is 4. The lowest BCUT2D eigenvalue weighted by Gasteiger charge is -2.37. The molecule has 0 aromatic heterocycles. The van der Waals surface area contributed by atoms with Crippen LogP contribution in [0.5, 0.6) is 5.75 Å². The molecule has 4 heteroatoms. The van der Waals surface area contributed by atoms with Crippen molar-refractivity contribution >= 4 is 11.6 Å². The zero-order valence-electron chi connectivity index (χ0n) is 12.9. The fourth-order valence-electron chi connectivity index (χ4n) is 3.06. The van der Waals surface area contributed by atoms with Crippen molar-refractivity contribution in [1.29, 1.82) is 0 Å². The molecule has 1 saturated carbocycles. The van der Waals surface area contributed by atoms with Gasteiger partial charge in [-0.05, 0) is 43.0 Å². The molecule has 114 valence electrons. The maximum Gasteiger partial charge on any atom is 0.225 e. The predicted octanol–water partition coefficient (Wildman–Crippen LogP) is 2.39. The van der Waals surface area contributed by atoms with E-state index in [2.05, 4.69) is 24.0 Å². The van der Waals surface area contributed by atoms with E-state index in [9.17, 15) is 4.79 Å². The summed E-state index contributed by atoms with van der Waals surface area (Å²) < 4.78 is 5.19. The Bertz CT molecular complexity index is 488. The van der Waals surface area contributed by atoms with Crippen molar-refractivity contribution in [3.63, 3.8) is 0 Å². The number of hydrogen-bond donors (Lipinski definition) is 0. The summed E-state index contributed by atoms with van der Waals surface area (Å²) in [6.07, 6.45) is 2.47. The van der Waals surface area contributed by atoms with Gasteiger partial charge in [0.2, 0.25) is 5.91 Å². The zero-order valence-corrected chi connectivity index (χ0v) is 12.9. The van der Waals surface area contributed by atoms with Gasteiger partial charge < -0.3 is 14.5 Å². The molecule has 21 heavy (non-hydrogen) atoms. The molecule has 3 rings (SSSR count). The van der Waals surface area contributed by atoms with Gasteiger partial charge in [-0.1, -0.05) is 6.92 Å². The standard InChI is InChI=1S/C17H24N2O2/c1-13(14-3-4-14)17(20)19-11-9-18(10-12-19)15-5-7-16(21-2)8-6-15/h5-8,13-14H,3-4,9-12H2,1-2H3. The molecule has 1 aliphatic carbocycles. The van der Waals surface area contributed by atoms with E-state index in [1.165, 1.54) is 18.5 Å². The lowest BCUT2D eigenvalue weighted by Crippen LogP contribution is -2.50. The van der Waals surface area contributed by atoms with Crippen LogP contribution < -0.4 is 9.64 Å². The van der Waals surface area contributed by atoms with Gasteiger partial charge in [0.1, 0.15) is 5.75 Å². The first kappa shape index (κ1) is 14.2. The molecule has 1 unspecified atom stereocenters. The van der Waals surface area contributed by atoms with Gasteiger partial charge in [0, 0.05) is 37.8 Å². The summed E-state index contributed by atoms with van der Waals surface area (Å²) >= 11 is 0. The topological polar surface area (TPSA) is 32.8 Å². The Hall–Kier alpha value is -1.71. The number of piperazine rings is 1. The molecule has 1 aromatic carbocycles. The molecule has 4 nitrogen and oxygen atoms in total. The molecule has 2 aliphatic rings. The number of methoxy groups -OCH3 is 1. The van der Waals surface area contributed by atoms with E-state index in [-0.39, 0.29) is 5.92 Å². The molecule has 1 heterocycles. The summed E-state index contributed by atoms with van der Waals surface area (Å²) in [5, 5.41) is 0. The maximum atomic E-state index is 12.4. The average molecular weight is 288 g/mol. The molecule has 1 amide bonds. The number of hydrogen-bond acceptors (Lipinski definition) is 3. The van der Waals surface area contributed by atoms with Crippen LogP contribution in [0.25, 0.3) is 0 Å². The van der Waals surface area contributed by atoms with E-state index in [0.29, 0.717) is 11.8 Å². The third-order valence-electron chi connectivity index (χ3n) is 4.75. The number of nitrogens with zero attached hydrogens (tertiary/aromatic N) is 2. The van der Waals surface area contributed by atoms with Crippen molar-refractivity contribution in [2.45, 2.75) is 19.8 Å². The minimum Gasteiger partial charge on any atom is -0.497 e. The quantitative estimate of drug-likeness (QED) is 0.853. The van der Waals surface area contributed by atoms with Gasteiger partial charge in [-0.25, -0.2) is 0 Å². The zero-order chi connectivity index (χ0) is 14.8. The monoisotopic (exact) mass is 288 g/mol. The highest BCUT2D eigenvalue weighted by atomic mass is 16.5. The second kappa shape index (κ2) is 5.96. The normalized spacial score (nSPS) is 20.3. The Morgan fingerprint density at radius 3 is 2.29 bits per heavy atom. The van der Waals surface area contributed by atoms with Crippen molar-refractivity contribution in [3.05, 3.63) is 24.3 Å². The van der Waals surface area contributed by atoms with E-state index >= 15 is 0 Å². The molecule has 0 spiro atoms. The van der Waals surface area contributed by atoms with Crippen molar-refractivity contribution in [2.75, 3.05) is 38.2 Å². The Morgan fingerprint density at radius 1 is 1.14 bits per heavy atom. The highest BCUT2D eigenvalue weighted by Gasteiger charge is 2.35. The molecule has 2 fully saturated rings. The second-order valence-electron chi connectivity index (χ2n) is 6.14. The van der Waals surface area contributed by atoms with Crippen LogP contribution in [0.4, 0.5) is 5.69 Å². The Morgan fingerprint density at radius 2 is 1.76 bits per heavy atom. The van der Waals surface area contributed by atoms with E-state index in [1.54, 1.807) is 7.11 Å². The van der Waals surface area contributed by atoms with E-state index in [0.717, 1.165) is 31.9 Å². The van der Waals surface area contributed by atoms with Gasteiger partial charge in [-0.2, -0.15) is 0 Å². The highest BCUT2D eigenvalue weighted by molar-refractivity contribution is 5.79. The average Bonchev–Trinajstić information content (AvgIpc) is 3.39. The van der Waals surface area contributed by atoms with Crippen molar-refractivity contribution in [1.82, 2.24) is 4.90 Å². The third kappa shape index (κ3) is 3.14. The minimum absolute atomic E-state index is 0.220. The maximum absolute atomic E-state index is 12.4. The molecule has 1 aliphatic heterocycles. The van der Waals surface area contributed by atoms with Gasteiger partial charge in [0.15, 0.2) is 0 Å². The fourth-order valence-corrected chi connectivity index (χ4v) is 3.06. The molecule has 1 aromatic rings. The number of carbonyl (C=O) groups is 1. The number of ether oxygens (including phenoxy) is 1. The van der Waals surface area contributed by atoms with Gasteiger partial charge in [-0.3, -0.25) is 4.79 Å². The number of anilines is 1. The van der Waals surface area contributed by atoms with Crippen LogP contribution >= 0.6 is 0 Å². The van der Waals surface area contributed by atoms with Crippen LogP contribution in [0.3, 0.4) is 0 Å². The Kier molecular flexibility index (Phi) is 4.04. The van der Waals surface area contributed by atoms with Gasteiger partial charge in [-0.15, -0.1) is 0 Å². The van der Waals surface area contributed by atoms with Crippen LogP contribution in [-0.2, 0) is 4.79 Å². The largest absolute Gasteiger partial charge is 0.497 e. The minimum atomic E-state index is 0.220. The van der Waals surface area contributed by atoms with Gasteiger partial charge in [0.25, 0.3) is 0 Å². The van der Waals surface area contributed by atoms with Gasteiger partial charge >= 0.3 is 0 Å². The van der Waals surface area contributed by atoms with Crippen molar-refractivity contribution in [3.8, 4) is 5.75 Å². The summed E-state index contributed by atoms with van der Waals surface area (Å²) in [4.78, 5) is 16.8. The molecule has 1 saturated heterocycles. The SMILES string of the molecule is COc1ccc(N2CCN(C(=O)C(C)C3CC3)CC2)cc1. The molecule has 1 atom stereocenters. The van der Waals surface area contributed by atoms with Crippen molar-refractivity contribution in [2.24, 2.45) is 11.8 Å². The fraction of sp³-hybridized carbons (Fsp3) is 0.588. The smallest absolute Gasteiger partial charge is 0.225 e. The summed E-state index contributed by atoms with van der Waals surface area (Å²) in [5.41, 5.74) is 1.21. The first-order chi connectivity index (χ1) is 10.2. The molecule has 0 radical (unpaired) electrons. The second-order valence-corrected chi connectivity index (χ2v) is 6.14. The molecular weight excluding hydrogens is 264 g/mol. The summed E-state index contributed by atoms with van der Waals surface area (Å²) in [5.74, 6) is 2.10. The summed E-state index contributed by atoms with van der Waals surface area (Å²) in [7, 11) is 1.68. The Labute approximate surface area is 126 Å². The van der Waals surface area contributed by atoms with E-state index in [4.69, 9.17) is 4.74 Å². The van der Waals surface area contributed by atoms with Crippen LogP contribution in [0, 0.1) is 11.8 Å². The number of benzene rings is 1. The highest BCUT2D eigenvalue weighted by Crippen LogP contribution is 2.37. The van der Waals surface area contributed by atoms with Crippen LogP contribution in [0.15, 0.2) is 24.3 Å². The van der Waals surface area contributed by atoms with Crippen LogP contribution in [0.1, 0.15) is 19.8 Å². The lowest BCUT2D eigenvalue weighted by molar-refractivity contribution is -0.135. The van der Waals surface area contributed by atoms with Crippen molar-refractivity contribution < 1.29 is 9.53 Å². The molecule has 0 N–H and O–H groups in total. The first-order valence-electron chi connectivity index (χ1n) is 7.87.